The first-order valence-electron chi connectivity index (χ1n) is 8.72. The van der Waals surface area contributed by atoms with Crippen molar-refractivity contribution in [2.24, 2.45) is 0 Å². The molecule has 0 N–H and O–H groups in total. The minimum absolute atomic E-state index is 0.127. The number of rotatable bonds is 9. The normalized spacial score (nSPS) is 10.8. The van der Waals surface area contributed by atoms with Crippen molar-refractivity contribution in [2.45, 2.75) is 38.5 Å². The van der Waals surface area contributed by atoms with Gasteiger partial charge >= 0.3 is 0 Å². The molecule has 2 aromatic heterocycles. The molecule has 3 aromatic rings. The van der Waals surface area contributed by atoms with Gasteiger partial charge in [0.1, 0.15) is 16.1 Å². The molecule has 0 radical (unpaired) electrons. The highest BCUT2D eigenvalue weighted by Crippen LogP contribution is 2.16. The van der Waals surface area contributed by atoms with Crippen LogP contribution in [0.25, 0.3) is 11.5 Å². The number of hydrogen-bond acceptors (Lipinski definition) is 5. The Hall–Kier alpha value is -2.34. The molecule has 0 aliphatic rings. The maximum atomic E-state index is 12.1. The first-order valence-corrected chi connectivity index (χ1v) is 9.51. The topological polar surface area (TPSA) is 68.9 Å². The molecule has 134 valence electrons. The van der Waals surface area contributed by atoms with Crippen LogP contribution in [-0.2, 0) is 17.6 Å². The van der Waals surface area contributed by atoms with E-state index in [0.717, 1.165) is 25.7 Å². The Morgan fingerprint density at radius 1 is 0.962 bits per heavy atom. The summed E-state index contributed by atoms with van der Waals surface area (Å²) in [5.74, 6) is 0.870. The number of pyridine rings is 1. The minimum atomic E-state index is 0.127. The molecule has 0 saturated carbocycles. The number of aromatic nitrogens is 3. The number of Topliss-reactive ketones (excluding diaryl/α,β-unsaturated/α-hetero) is 1. The van der Waals surface area contributed by atoms with Crippen LogP contribution in [-0.4, -0.2) is 20.9 Å². The molecule has 0 amide bonds. The van der Waals surface area contributed by atoms with Gasteiger partial charge in [-0.2, -0.15) is 4.98 Å². The molecule has 0 saturated heterocycles. The van der Waals surface area contributed by atoms with E-state index in [-0.39, 0.29) is 12.2 Å². The maximum absolute atomic E-state index is 12.1. The van der Waals surface area contributed by atoms with E-state index in [1.807, 2.05) is 18.2 Å². The molecule has 0 atom stereocenters. The Balaban J connectivity index is 1.40. The van der Waals surface area contributed by atoms with E-state index in [2.05, 4.69) is 55.3 Å². The van der Waals surface area contributed by atoms with Gasteiger partial charge in [-0.05, 0) is 52.9 Å². The van der Waals surface area contributed by atoms with Crippen LogP contribution >= 0.6 is 15.9 Å². The Labute approximate surface area is 161 Å². The van der Waals surface area contributed by atoms with Gasteiger partial charge in [-0.3, -0.25) is 4.79 Å². The molecule has 0 bridgehead atoms. The second kappa shape index (κ2) is 9.38. The van der Waals surface area contributed by atoms with Crippen molar-refractivity contribution in [3.63, 3.8) is 0 Å². The number of benzene rings is 1. The van der Waals surface area contributed by atoms with Crippen molar-refractivity contribution >= 4 is 21.7 Å². The first-order chi connectivity index (χ1) is 12.7. The molecule has 0 aliphatic carbocycles. The number of halogens is 1. The van der Waals surface area contributed by atoms with Crippen LogP contribution in [0.3, 0.4) is 0 Å². The molecular weight excluding hydrogens is 394 g/mol. The average Bonchev–Trinajstić information content (AvgIpc) is 3.11. The van der Waals surface area contributed by atoms with Gasteiger partial charge in [-0.15, -0.1) is 0 Å². The molecule has 6 heteroatoms. The number of aryl methyl sites for hydroxylation is 1. The van der Waals surface area contributed by atoms with Crippen LogP contribution in [0.1, 0.15) is 37.1 Å². The lowest BCUT2D eigenvalue weighted by molar-refractivity contribution is -0.118. The third kappa shape index (κ3) is 5.59. The highest BCUT2D eigenvalue weighted by atomic mass is 79.9. The zero-order valence-electron chi connectivity index (χ0n) is 14.4. The first kappa shape index (κ1) is 18.5. The summed E-state index contributed by atoms with van der Waals surface area (Å²) in [6.45, 7) is 0. The minimum Gasteiger partial charge on any atom is -0.338 e. The largest absolute Gasteiger partial charge is 0.338 e. The van der Waals surface area contributed by atoms with E-state index in [0.29, 0.717) is 28.4 Å². The SMILES string of the molecule is O=C(CCCCCc1ccccc1)Cc1nc(-c2cccc(Br)n2)no1. The van der Waals surface area contributed by atoms with Crippen LogP contribution in [0.15, 0.2) is 57.7 Å². The predicted molar refractivity (Wildman–Crippen MR) is 103 cm³/mol. The molecule has 0 aliphatic heterocycles. The number of unbranched alkanes of at least 4 members (excludes halogenated alkanes) is 2. The summed E-state index contributed by atoms with van der Waals surface area (Å²) >= 11 is 3.31. The van der Waals surface area contributed by atoms with E-state index in [4.69, 9.17) is 4.52 Å². The second-order valence-corrected chi connectivity index (χ2v) is 6.93. The van der Waals surface area contributed by atoms with Gasteiger partial charge in [-0.25, -0.2) is 4.98 Å². The summed E-state index contributed by atoms with van der Waals surface area (Å²) < 4.78 is 5.88. The van der Waals surface area contributed by atoms with Crippen molar-refractivity contribution < 1.29 is 9.32 Å². The molecule has 26 heavy (non-hydrogen) atoms. The molecule has 3 rings (SSSR count). The quantitative estimate of drug-likeness (QED) is 0.371. The Bertz CT molecular complexity index is 849. The summed E-state index contributed by atoms with van der Waals surface area (Å²) in [7, 11) is 0. The lowest BCUT2D eigenvalue weighted by Gasteiger charge is -2.01. The maximum Gasteiger partial charge on any atom is 0.234 e. The van der Waals surface area contributed by atoms with E-state index in [1.54, 1.807) is 6.07 Å². The molecule has 0 fully saturated rings. The molecule has 0 spiro atoms. The van der Waals surface area contributed by atoms with Gasteiger partial charge in [0, 0.05) is 6.42 Å². The number of carbonyl (C=O) groups is 1. The fourth-order valence-corrected chi connectivity index (χ4v) is 3.04. The lowest BCUT2D eigenvalue weighted by Crippen LogP contribution is -2.03. The van der Waals surface area contributed by atoms with Crippen LogP contribution in [0.5, 0.6) is 0 Å². The third-order valence-corrected chi connectivity index (χ3v) is 4.47. The van der Waals surface area contributed by atoms with Crippen molar-refractivity contribution in [1.82, 2.24) is 15.1 Å². The monoisotopic (exact) mass is 413 g/mol. The summed E-state index contributed by atoms with van der Waals surface area (Å²) in [5, 5.41) is 3.90. The molecule has 2 heterocycles. The molecule has 1 aromatic carbocycles. The second-order valence-electron chi connectivity index (χ2n) is 6.12. The smallest absolute Gasteiger partial charge is 0.234 e. The Kier molecular flexibility index (Phi) is 6.66. The predicted octanol–water partition coefficient (Wildman–Crippen LogP) is 4.81. The number of hydrogen-bond donors (Lipinski definition) is 0. The van der Waals surface area contributed by atoms with Gasteiger partial charge in [0.05, 0.1) is 6.42 Å². The Morgan fingerprint density at radius 3 is 2.62 bits per heavy atom. The van der Waals surface area contributed by atoms with Gasteiger partial charge in [0.15, 0.2) is 0 Å². The van der Waals surface area contributed by atoms with Crippen LogP contribution in [0.4, 0.5) is 0 Å². The summed E-state index contributed by atoms with van der Waals surface area (Å²) in [4.78, 5) is 20.6. The van der Waals surface area contributed by atoms with Crippen molar-refractivity contribution in [2.75, 3.05) is 0 Å². The number of nitrogens with zero attached hydrogens (tertiary/aromatic N) is 3. The van der Waals surface area contributed by atoms with Crippen molar-refractivity contribution in [1.29, 1.82) is 0 Å². The van der Waals surface area contributed by atoms with Gasteiger partial charge in [0.2, 0.25) is 11.7 Å². The van der Waals surface area contributed by atoms with Crippen molar-refractivity contribution in [3.8, 4) is 11.5 Å². The van der Waals surface area contributed by atoms with Crippen molar-refractivity contribution in [3.05, 3.63) is 64.6 Å². The highest BCUT2D eigenvalue weighted by molar-refractivity contribution is 9.10. The highest BCUT2D eigenvalue weighted by Gasteiger charge is 2.13. The number of ketones is 1. The average molecular weight is 414 g/mol. The number of carbonyl (C=O) groups excluding carboxylic acids is 1. The molecular formula is C20H20BrN3O2. The van der Waals surface area contributed by atoms with E-state index < -0.39 is 0 Å². The third-order valence-electron chi connectivity index (χ3n) is 4.02. The van der Waals surface area contributed by atoms with Crippen LogP contribution in [0, 0.1) is 0 Å². The summed E-state index contributed by atoms with van der Waals surface area (Å²) in [6, 6.07) is 15.9. The van der Waals surface area contributed by atoms with E-state index in [1.165, 1.54) is 5.56 Å². The van der Waals surface area contributed by atoms with E-state index in [9.17, 15) is 4.79 Å². The lowest BCUT2D eigenvalue weighted by atomic mass is 10.0. The van der Waals surface area contributed by atoms with Crippen LogP contribution < -0.4 is 0 Å². The summed E-state index contributed by atoms with van der Waals surface area (Å²) in [6.07, 6.45) is 4.80. The molecule has 5 nitrogen and oxygen atoms in total. The standard InChI is InChI=1S/C20H20BrN3O2/c21-18-13-7-12-17(22-18)20-23-19(26-24-20)14-16(25)11-6-2-5-10-15-8-3-1-4-9-15/h1,3-4,7-9,12-13H,2,5-6,10-11,14H2. The van der Waals surface area contributed by atoms with Gasteiger partial charge < -0.3 is 4.52 Å². The Morgan fingerprint density at radius 2 is 1.81 bits per heavy atom. The fraction of sp³-hybridized carbons (Fsp3) is 0.300. The van der Waals surface area contributed by atoms with E-state index >= 15 is 0 Å². The summed E-state index contributed by atoms with van der Waals surface area (Å²) in [5.41, 5.74) is 1.96. The van der Waals surface area contributed by atoms with Gasteiger partial charge in [-0.1, -0.05) is 48.0 Å². The zero-order valence-corrected chi connectivity index (χ0v) is 16.0. The zero-order chi connectivity index (χ0) is 18.2. The van der Waals surface area contributed by atoms with Gasteiger partial charge in [0.25, 0.3) is 0 Å². The fourth-order valence-electron chi connectivity index (χ4n) is 2.69. The van der Waals surface area contributed by atoms with Crippen LogP contribution in [0.2, 0.25) is 0 Å². The molecule has 0 unspecified atom stereocenters.